The van der Waals surface area contributed by atoms with Crippen LogP contribution in [0, 0.1) is 36.5 Å². The molecule has 0 N–H and O–H groups in total. The van der Waals surface area contributed by atoms with Crippen LogP contribution in [0.1, 0.15) is 47.0 Å². The van der Waals surface area contributed by atoms with E-state index >= 15 is 0 Å². The third-order valence-electron chi connectivity index (χ3n) is 4.03. The SMILES string of the molecule is [CH2-]C(C)CC1(C([CH2-])(C)C)CCC1C.[Y]. The average Bonchev–Trinajstić information content (AvgIpc) is 1.94. The quantitative estimate of drug-likeness (QED) is 0.676. The van der Waals surface area contributed by atoms with Gasteiger partial charge in [0.05, 0.1) is 0 Å². The Morgan fingerprint density at radius 2 is 2.00 bits per heavy atom. The van der Waals surface area contributed by atoms with Crippen LogP contribution in [0.4, 0.5) is 0 Å². The normalized spacial score (nSPS) is 34.3. The van der Waals surface area contributed by atoms with Gasteiger partial charge in [0.1, 0.15) is 0 Å². The van der Waals surface area contributed by atoms with Crippen molar-refractivity contribution in [3.8, 4) is 0 Å². The van der Waals surface area contributed by atoms with Crippen molar-refractivity contribution in [3.63, 3.8) is 0 Å². The van der Waals surface area contributed by atoms with Crippen LogP contribution in [0.15, 0.2) is 0 Å². The van der Waals surface area contributed by atoms with Gasteiger partial charge in [0.15, 0.2) is 0 Å². The summed E-state index contributed by atoms with van der Waals surface area (Å²) in [5.74, 6) is 1.40. The molecule has 0 aromatic heterocycles. The molecule has 0 amide bonds. The molecule has 0 saturated heterocycles. The number of hydrogen-bond acceptors (Lipinski definition) is 0. The van der Waals surface area contributed by atoms with Crippen molar-refractivity contribution in [1.82, 2.24) is 0 Å². The largest absolute Gasteiger partial charge is 0.341 e. The maximum atomic E-state index is 4.34. The predicted molar refractivity (Wildman–Crippen MR) is 59.1 cm³/mol. The van der Waals surface area contributed by atoms with Gasteiger partial charge in [-0.2, -0.15) is 11.3 Å². The van der Waals surface area contributed by atoms with Crippen LogP contribution in [-0.4, -0.2) is 0 Å². The number of hydrogen-bond donors (Lipinski definition) is 0. The summed E-state index contributed by atoms with van der Waals surface area (Å²) in [7, 11) is 0. The van der Waals surface area contributed by atoms with Gasteiger partial charge in [-0.3, -0.25) is 0 Å². The molecule has 0 spiro atoms. The maximum absolute atomic E-state index is 4.34. The zero-order chi connectivity index (χ0) is 10.3. The molecule has 1 saturated carbocycles. The van der Waals surface area contributed by atoms with Crippen LogP contribution in [0.25, 0.3) is 0 Å². The Morgan fingerprint density at radius 3 is 2.07 bits per heavy atom. The average molecular weight is 269 g/mol. The molecule has 1 fully saturated rings. The Bertz CT molecular complexity index is 178. The molecular formula is C13H24Y-2. The molecule has 0 bridgehead atoms. The van der Waals surface area contributed by atoms with E-state index < -0.39 is 0 Å². The summed E-state index contributed by atoms with van der Waals surface area (Å²) in [6, 6.07) is 0. The minimum Gasteiger partial charge on any atom is -0.341 e. The van der Waals surface area contributed by atoms with Crippen LogP contribution in [0.5, 0.6) is 0 Å². The number of rotatable bonds is 3. The van der Waals surface area contributed by atoms with Crippen LogP contribution in [0.3, 0.4) is 0 Å². The topological polar surface area (TPSA) is 0 Å². The summed E-state index contributed by atoms with van der Waals surface area (Å²) in [6.45, 7) is 17.6. The van der Waals surface area contributed by atoms with Gasteiger partial charge < -0.3 is 13.8 Å². The zero-order valence-corrected chi connectivity index (χ0v) is 13.1. The first-order chi connectivity index (χ1) is 5.79. The van der Waals surface area contributed by atoms with Crippen LogP contribution >= 0.6 is 0 Å². The summed E-state index contributed by atoms with van der Waals surface area (Å²) >= 11 is 0. The van der Waals surface area contributed by atoms with Crippen molar-refractivity contribution in [1.29, 1.82) is 0 Å². The fraction of sp³-hybridized carbons (Fsp3) is 0.846. The van der Waals surface area contributed by atoms with E-state index in [0.29, 0.717) is 11.3 Å². The minimum absolute atomic E-state index is 0. The molecule has 0 aliphatic heterocycles. The molecule has 81 valence electrons. The van der Waals surface area contributed by atoms with Gasteiger partial charge in [0.25, 0.3) is 0 Å². The van der Waals surface area contributed by atoms with Crippen molar-refractivity contribution >= 4 is 0 Å². The maximum Gasteiger partial charge on any atom is 0 e. The van der Waals surface area contributed by atoms with Crippen molar-refractivity contribution in [3.05, 3.63) is 13.8 Å². The summed E-state index contributed by atoms with van der Waals surface area (Å²) in [5.41, 5.74) is 0.671. The second kappa shape index (κ2) is 4.96. The molecule has 1 rings (SSSR count). The van der Waals surface area contributed by atoms with Gasteiger partial charge in [-0.1, -0.05) is 39.5 Å². The van der Waals surface area contributed by atoms with Gasteiger partial charge in [0.2, 0.25) is 0 Å². The molecule has 1 heteroatoms. The summed E-state index contributed by atoms with van der Waals surface area (Å²) in [6.07, 6.45) is 3.97. The van der Waals surface area contributed by atoms with E-state index in [1.807, 2.05) is 0 Å². The van der Waals surface area contributed by atoms with Gasteiger partial charge >= 0.3 is 0 Å². The van der Waals surface area contributed by atoms with Crippen molar-refractivity contribution in [2.75, 3.05) is 0 Å². The minimum atomic E-state index is 0. The Hall–Kier alpha value is 1.10. The Morgan fingerprint density at radius 1 is 1.50 bits per heavy atom. The summed E-state index contributed by atoms with van der Waals surface area (Å²) in [4.78, 5) is 0. The second-order valence-electron chi connectivity index (χ2n) is 5.79. The first-order valence-electron chi connectivity index (χ1n) is 5.48. The monoisotopic (exact) mass is 269 g/mol. The van der Waals surface area contributed by atoms with E-state index in [9.17, 15) is 0 Å². The molecule has 1 aliphatic carbocycles. The van der Waals surface area contributed by atoms with E-state index in [4.69, 9.17) is 0 Å². The van der Waals surface area contributed by atoms with Crippen molar-refractivity contribution in [2.45, 2.75) is 47.0 Å². The van der Waals surface area contributed by atoms with E-state index in [-0.39, 0.29) is 38.1 Å². The molecule has 1 aliphatic rings. The first-order valence-corrected chi connectivity index (χ1v) is 5.48. The fourth-order valence-electron chi connectivity index (χ4n) is 2.99. The molecule has 0 nitrogen and oxygen atoms in total. The zero-order valence-electron chi connectivity index (χ0n) is 10.3. The smallest absolute Gasteiger partial charge is 0 e. The molecule has 14 heavy (non-hydrogen) atoms. The van der Waals surface area contributed by atoms with E-state index in [2.05, 4.69) is 41.5 Å². The predicted octanol–water partition coefficient (Wildman–Crippen LogP) is 4.12. The van der Waals surface area contributed by atoms with Gasteiger partial charge in [-0.15, -0.1) is 0 Å². The Kier molecular flexibility index (Phi) is 5.35. The molecule has 0 heterocycles. The van der Waals surface area contributed by atoms with Crippen LogP contribution < -0.4 is 0 Å². The van der Waals surface area contributed by atoms with Crippen LogP contribution in [0.2, 0.25) is 0 Å². The van der Waals surface area contributed by atoms with E-state index in [1.54, 1.807) is 0 Å². The summed E-state index contributed by atoms with van der Waals surface area (Å²) in [5, 5.41) is 0. The fourth-order valence-corrected chi connectivity index (χ4v) is 2.99. The third-order valence-corrected chi connectivity index (χ3v) is 4.03. The van der Waals surface area contributed by atoms with E-state index in [0.717, 1.165) is 5.92 Å². The Balaban J connectivity index is 0.00000169. The van der Waals surface area contributed by atoms with Gasteiger partial charge in [0, 0.05) is 32.7 Å². The van der Waals surface area contributed by atoms with Crippen molar-refractivity contribution in [2.24, 2.45) is 22.7 Å². The second-order valence-corrected chi connectivity index (χ2v) is 5.79. The van der Waals surface area contributed by atoms with Gasteiger partial charge in [-0.25, -0.2) is 0 Å². The molecule has 3 atom stereocenters. The van der Waals surface area contributed by atoms with Crippen LogP contribution in [-0.2, 0) is 32.7 Å². The third kappa shape index (κ3) is 2.61. The Labute approximate surface area is 115 Å². The summed E-state index contributed by atoms with van der Waals surface area (Å²) < 4.78 is 0. The molecule has 0 aromatic carbocycles. The molecular weight excluding hydrogens is 245 g/mol. The van der Waals surface area contributed by atoms with E-state index in [1.165, 1.54) is 19.3 Å². The molecule has 3 unspecified atom stereocenters. The van der Waals surface area contributed by atoms with Gasteiger partial charge in [-0.05, 0) is 18.8 Å². The van der Waals surface area contributed by atoms with Crippen molar-refractivity contribution < 1.29 is 32.7 Å². The molecule has 1 radical (unpaired) electrons. The first kappa shape index (κ1) is 15.1. The standard InChI is InChI=1S/C13H24.Y/c1-10(2)9-13(12(4,5)6)8-7-11(13)3;/h10-11H,1,4,7-9H2,2-3,5-6H3;/q-2;. The molecule has 0 aromatic rings.